The standard InChI is InChI=1S/C11H11N3O2/c1-7-9(15)13-11(12-7)14-10(16)8-5-3-2-4-6-8/h2-7H,1H3,(H2,12,13,14,15,16)/t7-/m0/s1. The summed E-state index contributed by atoms with van der Waals surface area (Å²) in [5.41, 5.74) is 0.527. The van der Waals surface area contributed by atoms with Gasteiger partial charge < -0.3 is 0 Å². The van der Waals surface area contributed by atoms with Crippen LogP contribution in [0, 0.1) is 0 Å². The lowest BCUT2D eigenvalue weighted by atomic mass is 10.2. The van der Waals surface area contributed by atoms with E-state index in [1.54, 1.807) is 31.2 Å². The Kier molecular flexibility index (Phi) is 2.68. The topological polar surface area (TPSA) is 70.6 Å². The van der Waals surface area contributed by atoms with Gasteiger partial charge in [-0.25, -0.2) is 4.99 Å². The summed E-state index contributed by atoms with van der Waals surface area (Å²) in [5.74, 6) is -0.275. The fraction of sp³-hybridized carbons (Fsp3) is 0.182. The van der Waals surface area contributed by atoms with E-state index in [1.165, 1.54) is 0 Å². The number of nitrogens with one attached hydrogen (secondary N) is 2. The van der Waals surface area contributed by atoms with Crippen LogP contribution in [0.25, 0.3) is 0 Å². The smallest absolute Gasteiger partial charge is 0.257 e. The van der Waals surface area contributed by atoms with Gasteiger partial charge in [-0.1, -0.05) is 18.2 Å². The zero-order chi connectivity index (χ0) is 11.5. The number of rotatable bonds is 1. The van der Waals surface area contributed by atoms with Crippen LogP contribution in [0.2, 0.25) is 0 Å². The van der Waals surface area contributed by atoms with Crippen LogP contribution in [-0.4, -0.2) is 23.8 Å². The van der Waals surface area contributed by atoms with E-state index in [0.29, 0.717) is 5.56 Å². The summed E-state index contributed by atoms with van der Waals surface area (Å²) in [4.78, 5) is 26.8. The van der Waals surface area contributed by atoms with Crippen LogP contribution in [0.15, 0.2) is 35.3 Å². The van der Waals surface area contributed by atoms with Gasteiger partial charge in [-0.2, -0.15) is 0 Å². The van der Waals surface area contributed by atoms with Gasteiger partial charge in [0.2, 0.25) is 5.96 Å². The summed E-state index contributed by atoms with van der Waals surface area (Å²) in [6, 6.07) is 8.31. The number of hydrogen-bond donors (Lipinski definition) is 2. The molecule has 1 aromatic rings. The number of nitrogens with zero attached hydrogens (tertiary/aromatic N) is 1. The van der Waals surface area contributed by atoms with Crippen LogP contribution in [0.5, 0.6) is 0 Å². The van der Waals surface area contributed by atoms with Crippen molar-refractivity contribution in [2.45, 2.75) is 13.0 Å². The quantitative estimate of drug-likeness (QED) is 0.709. The van der Waals surface area contributed by atoms with E-state index in [4.69, 9.17) is 0 Å². The number of benzene rings is 1. The lowest BCUT2D eigenvalue weighted by Gasteiger charge is -2.03. The van der Waals surface area contributed by atoms with E-state index in [2.05, 4.69) is 15.6 Å². The fourth-order valence-corrected chi connectivity index (χ4v) is 1.34. The second-order valence-electron chi connectivity index (χ2n) is 3.46. The second kappa shape index (κ2) is 4.14. The highest BCUT2D eigenvalue weighted by atomic mass is 16.2. The largest absolute Gasteiger partial charge is 0.294 e. The Balaban J connectivity index is 2.04. The van der Waals surface area contributed by atoms with E-state index >= 15 is 0 Å². The summed E-state index contributed by atoms with van der Waals surface area (Å²) in [6.45, 7) is 1.66. The first kappa shape index (κ1) is 10.4. The molecule has 0 radical (unpaired) electrons. The summed E-state index contributed by atoms with van der Waals surface area (Å²) in [6.07, 6.45) is 0. The molecule has 0 saturated carbocycles. The lowest BCUT2D eigenvalue weighted by molar-refractivity contribution is -0.119. The van der Waals surface area contributed by atoms with Crippen molar-refractivity contribution in [2.24, 2.45) is 4.99 Å². The van der Waals surface area contributed by atoms with Gasteiger partial charge in [-0.15, -0.1) is 0 Å². The van der Waals surface area contributed by atoms with Crippen LogP contribution < -0.4 is 10.6 Å². The normalized spacial score (nSPS) is 18.9. The molecule has 5 nitrogen and oxygen atoms in total. The highest BCUT2D eigenvalue weighted by molar-refractivity contribution is 6.13. The van der Waals surface area contributed by atoms with E-state index in [9.17, 15) is 9.59 Å². The monoisotopic (exact) mass is 217 g/mol. The highest BCUT2D eigenvalue weighted by Gasteiger charge is 2.22. The van der Waals surface area contributed by atoms with Crippen LogP contribution >= 0.6 is 0 Å². The van der Waals surface area contributed by atoms with Gasteiger partial charge in [0, 0.05) is 5.56 Å². The first-order valence-corrected chi connectivity index (χ1v) is 4.92. The molecule has 0 fully saturated rings. The van der Waals surface area contributed by atoms with E-state index in [0.717, 1.165) is 0 Å². The third-order valence-corrected chi connectivity index (χ3v) is 2.21. The van der Waals surface area contributed by atoms with E-state index in [1.807, 2.05) is 6.07 Å². The SMILES string of the molecule is C[C@@H]1N=C(NC(=O)c2ccccc2)NC1=O. The number of carbonyl (C=O) groups excluding carboxylic acids is 2. The molecular weight excluding hydrogens is 206 g/mol. The van der Waals surface area contributed by atoms with Crippen molar-refractivity contribution in [3.8, 4) is 0 Å². The molecule has 0 saturated heterocycles. The van der Waals surface area contributed by atoms with Crippen molar-refractivity contribution in [3.63, 3.8) is 0 Å². The number of hydrogen-bond acceptors (Lipinski definition) is 3. The van der Waals surface area contributed by atoms with Crippen molar-refractivity contribution in [2.75, 3.05) is 0 Å². The lowest BCUT2D eigenvalue weighted by Crippen LogP contribution is -2.40. The molecule has 1 aromatic carbocycles. The molecule has 16 heavy (non-hydrogen) atoms. The average Bonchev–Trinajstić information content (AvgIpc) is 2.59. The Morgan fingerprint density at radius 1 is 1.38 bits per heavy atom. The molecule has 0 bridgehead atoms. The molecule has 2 amide bonds. The molecule has 0 aliphatic carbocycles. The average molecular weight is 217 g/mol. The fourth-order valence-electron chi connectivity index (χ4n) is 1.34. The van der Waals surface area contributed by atoms with E-state index < -0.39 is 6.04 Å². The molecule has 82 valence electrons. The van der Waals surface area contributed by atoms with Gasteiger partial charge in [0.25, 0.3) is 11.8 Å². The maximum Gasteiger partial charge on any atom is 0.257 e. The van der Waals surface area contributed by atoms with Crippen LogP contribution in [0.1, 0.15) is 17.3 Å². The molecule has 2 rings (SSSR count). The Hall–Kier alpha value is -2.17. The van der Waals surface area contributed by atoms with Gasteiger partial charge >= 0.3 is 0 Å². The Morgan fingerprint density at radius 2 is 2.06 bits per heavy atom. The molecule has 2 N–H and O–H groups in total. The first-order chi connectivity index (χ1) is 7.66. The molecule has 1 atom stereocenters. The van der Waals surface area contributed by atoms with Crippen molar-refractivity contribution < 1.29 is 9.59 Å². The predicted molar refractivity (Wildman–Crippen MR) is 58.9 cm³/mol. The molecule has 0 spiro atoms. The predicted octanol–water partition coefficient (Wildman–Crippen LogP) is 0.291. The Bertz CT molecular complexity index is 454. The number of aliphatic imine (C=N–C) groups is 1. The molecule has 0 unspecified atom stereocenters. The van der Waals surface area contributed by atoms with E-state index in [-0.39, 0.29) is 17.8 Å². The second-order valence-corrected chi connectivity index (χ2v) is 3.46. The summed E-state index contributed by atoms with van der Waals surface area (Å²) in [7, 11) is 0. The van der Waals surface area contributed by atoms with Crippen LogP contribution in [-0.2, 0) is 4.79 Å². The zero-order valence-electron chi connectivity index (χ0n) is 8.73. The zero-order valence-corrected chi connectivity index (χ0v) is 8.73. The van der Waals surface area contributed by atoms with Crippen molar-refractivity contribution in [1.82, 2.24) is 10.6 Å². The number of guanidine groups is 1. The minimum absolute atomic E-state index is 0.205. The maximum atomic E-state index is 11.7. The van der Waals surface area contributed by atoms with Crippen LogP contribution in [0.3, 0.4) is 0 Å². The molecule has 5 heteroatoms. The molecule has 1 aliphatic rings. The van der Waals surface area contributed by atoms with Gasteiger partial charge in [0.15, 0.2) is 0 Å². The number of amides is 2. The van der Waals surface area contributed by atoms with Gasteiger partial charge in [0.1, 0.15) is 6.04 Å². The summed E-state index contributed by atoms with van der Waals surface area (Å²) >= 11 is 0. The molecule has 0 aromatic heterocycles. The van der Waals surface area contributed by atoms with Gasteiger partial charge in [-0.05, 0) is 19.1 Å². The Morgan fingerprint density at radius 3 is 2.62 bits per heavy atom. The minimum Gasteiger partial charge on any atom is -0.294 e. The van der Waals surface area contributed by atoms with Crippen molar-refractivity contribution in [1.29, 1.82) is 0 Å². The van der Waals surface area contributed by atoms with Crippen molar-refractivity contribution in [3.05, 3.63) is 35.9 Å². The summed E-state index contributed by atoms with van der Waals surface area (Å²) < 4.78 is 0. The molecule has 1 aliphatic heterocycles. The minimum atomic E-state index is -0.439. The van der Waals surface area contributed by atoms with Gasteiger partial charge in [-0.3, -0.25) is 20.2 Å². The Labute approximate surface area is 92.6 Å². The highest BCUT2D eigenvalue weighted by Crippen LogP contribution is 2.00. The van der Waals surface area contributed by atoms with Gasteiger partial charge in [0.05, 0.1) is 0 Å². The third-order valence-electron chi connectivity index (χ3n) is 2.21. The number of carbonyl (C=O) groups is 2. The maximum absolute atomic E-state index is 11.7. The van der Waals surface area contributed by atoms with Crippen LogP contribution in [0.4, 0.5) is 0 Å². The molecule has 1 heterocycles. The van der Waals surface area contributed by atoms with Crippen molar-refractivity contribution >= 4 is 17.8 Å². The molecular formula is C11H11N3O2. The third kappa shape index (κ3) is 2.08. The summed E-state index contributed by atoms with van der Waals surface area (Å²) in [5, 5.41) is 5.02. The first-order valence-electron chi connectivity index (χ1n) is 4.92.